The summed E-state index contributed by atoms with van der Waals surface area (Å²) in [5, 5.41) is 7.55. The van der Waals surface area contributed by atoms with Crippen molar-refractivity contribution in [1.82, 2.24) is 0 Å². The fraction of sp³-hybridized carbons (Fsp3) is 0.0794. The molecule has 1 unspecified atom stereocenters. The topological polar surface area (TPSA) is 3.24 Å². The molecule has 0 aromatic heterocycles. The van der Waals surface area contributed by atoms with E-state index < -0.39 is 5.54 Å². The molecule has 0 amide bonds. The number of anilines is 1. The first-order chi connectivity index (χ1) is 31.5. The second kappa shape index (κ2) is 16.5. The van der Waals surface area contributed by atoms with Gasteiger partial charge in [-0.05, 0) is 132 Å². The molecule has 0 heterocycles. The van der Waals surface area contributed by atoms with Gasteiger partial charge in [-0.2, -0.15) is 0 Å². The minimum Gasteiger partial charge on any atom is -0.331 e. The number of fused-ring (bicyclic) bond motifs is 4. The van der Waals surface area contributed by atoms with Gasteiger partial charge in [-0.1, -0.05) is 219 Å². The van der Waals surface area contributed by atoms with Crippen molar-refractivity contribution in [3.05, 3.63) is 260 Å². The van der Waals surface area contributed by atoms with Gasteiger partial charge in [0.1, 0.15) is 0 Å². The van der Waals surface area contributed by atoms with Crippen molar-refractivity contribution in [2.75, 3.05) is 4.90 Å². The summed E-state index contributed by atoms with van der Waals surface area (Å²) < 4.78 is 0. The average Bonchev–Trinajstić information content (AvgIpc) is 3.55. The predicted octanol–water partition coefficient (Wildman–Crippen LogP) is 16.9. The molecule has 2 aliphatic carbocycles. The van der Waals surface area contributed by atoms with Crippen LogP contribution in [0.5, 0.6) is 0 Å². The summed E-state index contributed by atoms with van der Waals surface area (Å²) in [6, 6.07) is 73.3. The van der Waals surface area contributed by atoms with Crippen LogP contribution in [0.4, 0.5) is 5.69 Å². The molecular formula is C63H49N. The van der Waals surface area contributed by atoms with Crippen molar-refractivity contribution in [3.8, 4) is 33.4 Å². The quantitative estimate of drug-likeness (QED) is 0.138. The van der Waals surface area contributed by atoms with E-state index in [2.05, 4.69) is 261 Å². The third-order valence-electron chi connectivity index (χ3n) is 13.4. The Hall–Kier alpha value is -7.74. The Bertz CT molecular complexity index is 3380. The second-order valence-electron chi connectivity index (χ2n) is 17.5. The Balaban J connectivity index is 1.15. The highest BCUT2D eigenvalue weighted by Gasteiger charge is 2.35. The summed E-state index contributed by atoms with van der Waals surface area (Å²) >= 11 is 0. The van der Waals surface area contributed by atoms with Crippen LogP contribution in [0.2, 0.25) is 0 Å². The molecule has 9 aromatic carbocycles. The molecule has 0 radical (unpaired) electrons. The van der Waals surface area contributed by atoms with Crippen LogP contribution in [0.25, 0.3) is 76.8 Å². The number of nitrogens with zero attached hydrogens (tertiary/aromatic N) is 1. The van der Waals surface area contributed by atoms with E-state index in [9.17, 15) is 0 Å². The second-order valence-corrected chi connectivity index (χ2v) is 17.5. The third kappa shape index (κ3) is 7.20. The van der Waals surface area contributed by atoms with Gasteiger partial charge < -0.3 is 4.90 Å². The first-order valence-corrected chi connectivity index (χ1v) is 22.5. The highest BCUT2D eigenvalue weighted by Crippen LogP contribution is 2.46. The molecule has 306 valence electrons. The first-order valence-electron chi connectivity index (χ1n) is 22.5. The lowest BCUT2D eigenvalue weighted by molar-refractivity contribution is 0.558. The van der Waals surface area contributed by atoms with E-state index in [0.29, 0.717) is 0 Å². The Morgan fingerprint density at radius 1 is 0.453 bits per heavy atom. The Morgan fingerprint density at radius 3 is 1.91 bits per heavy atom. The van der Waals surface area contributed by atoms with Crippen molar-refractivity contribution in [2.24, 2.45) is 5.92 Å². The van der Waals surface area contributed by atoms with Gasteiger partial charge in [-0.3, -0.25) is 0 Å². The van der Waals surface area contributed by atoms with Gasteiger partial charge in [0.25, 0.3) is 0 Å². The van der Waals surface area contributed by atoms with Crippen molar-refractivity contribution >= 4 is 49.2 Å². The van der Waals surface area contributed by atoms with Gasteiger partial charge in [0.05, 0.1) is 11.2 Å². The molecule has 11 rings (SSSR count). The van der Waals surface area contributed by atoms with E-state index in [0.717, 1.165) is 12.1 Å². The average molecular weight is 820 g/mol. The maximum absolute atomic E-state index is 2.64. The van der Waals surface area contributed by atoms with Crippen LogP contribution < -0.4 is 4.90 Å². The minimum absolute atomic E-state index is 0.186. The highest BCUT2D eigenvalue weighted by molar-refractivity contribution is 6.14. The lowest BCUT2D eigenvalue weighted by atomic mass is 9.83. The van der Waals surface area contributed by atoms with Crippen molar-refractivity contribution < 1.29 is 0 Å². The molecule has 64 heavy (non-hydrogen) atoms. The van der Waals surface area contributed by atoms with Crippen LogP contribution in [0.15, 0.2) is 248 Å². The predicted molar refractivity (Wildman–Crippen MR) is 275 cm³/mol. The van der Waals surface area contributed by atoms with Crippen molar-refractivity contribution in [1.29, 1.82) is 0 Å². The van der Waals surface area contributed by atoms with Crippen LogP contribution in [0, 0.1) is 5.92 Å². The third-order valence-corrected chi connectivity index (χ3v) is 13.4. The fourth-order valence-corrected chi connectivity index (χ4v) is 10.2. The minimum atomic E-state index is -0.459. The maximum Gasteiger partial charge on any atom is 0.0649 e. The largest absolute Gasteiger partial charge is 0.331 e. The zero-order valence-corrected chi connectivity index (χ0v) is 36.3. The number of hydrogen-bond donors (Lipinski definition) is 0. The maximum atomic E-state index is 2.64. The van der Waals surface area contributed by atoms with Gasteiger partial charge in [-0.15, -0.1) is 0 Å². The van der Waals surface area contributed by atoms with Gasteiger partial charge >= 0.3 is 0 Å². The van der Waals surface area contributed by atoms with Crippen LogP contribution in [0.1, 0.15) is 31.4 Å². The van der Waals surface area contributed by atoms with Gasteiger partial charge in [0, 0.05) is 11.3 Å². The van der Waals surface area contributed by atoms with E-state index in [4.69, 9.17) is 0 Å². The van der Waals surface area contributed by atoms with Gasteiger partial charge in [-0.25, -0.2) is 0 Å². The van der Waals surface area contributed by atoms with E-state index in [1.165, 1.54) is 93.7 Å². The van der Waals surface area contributed by atoms with Gasteiger partial charge in [0.2, 0.25) is 0 Å². The van der Waals surface area contributed by atoms with E-state index in [1.807, 2.05) is 0 Å². The smallest absolute Gasteiger partial charge is 0.0649 e. The summed E-state index contributed by atoms with van der Waals surface area (Å²) in [5.41, 5.74) is 14.1. The lowest BCUT2D eigenvalue weighted by Gasteiger charge is -2.44. The molecule has 0 N–H and O–H groups in total. The molecule has 0 spiro atoms. The molecule has 1 nitrogen and oxygen atoms in total. The molecular weight excluding hydrogens is 771 g/mol. The molecule has 2 atom stereocenters. The summed E-state index contributed by atoms with van der Waals surface area (Å²) in [6.07, 6.45) is 17.6. The molecule has 0 aliphatic heterocycles. The molecule has 0 bridgehead atoms. The number of rotatable bonds is 8. The molecule has 0 saturated heterocycles. The van der Waals surface area contributed by atoms with Crippen molar-refractivity contribution in [2.45, 2.75) is 25.8 Å². The SMILES string of the molecule is C[C@H]1C=CC(N(c2cc(-c3cc4ccccc4c4ccccc34)ccc2-c2ccccc2)C2(C)C=C(c3cccc4ccccc34)C=CC2)=CC=C1c1cccc(-c2ccccc2)c1. The zero-order valence-electron chi connectivity index (χ0n) is 36.3. The highest BCUT2D eigenvalue weighted by atomic mass is 15.2. The summed E-state index contributed by atoms with van der Waals surface area (Å²) in [4.78, 5) is 2.64. The number of benzene rings is 9. The van der Waals surface area contributed by atoms with Crippen LogP contribution >= 0.6 is 0 Å². The van der Waals surface area contributed by atoms with Crippen LogP contribution in [-0.4, -0.2) is 5.54 Å². The normalized spacial score (nSPS) is 17.2. The summed E-state index contributed by atoms with van der Waals surface area (Å²) in [6.45, 7) is 4.74. The zero-order chi connectivity index (χ0) is 43.0. The fourth-order valence-electron chi connectivity index (χ4n) is 10.2. The van der Waals surface area contributed by atoms with E-state index in [1.54, 1.807) is 0 Å². The molecule has 0 saturated carbocycles. The first kappa shape index (κ1) is 39.1. The van der Waals surface area contributed by atoms with Crippen molar-refractivity contribution in [3.63, 3.8) is 0 Å². The Labute approximate surface area is 377 Å². The standard InChI is InChI=1S/C63H49N/c1-44-33-35-53(36-38-54(44)49-26-15-25-48(40-49)45-18-5-3-6-19-45)64(63(2)39-17-27-52(43-63)57-32-16-24-46-22-9-11-28-55(46)57)62-42-51(34-37-58(62)47-20-7-4-8-21-47)61-41-50-23-10-12-29-56(50)59-30-13-14-31-60(59)61/h3-38,40-44H,39H2,1-2H3/t44-,63?/m0/s1. The van der Waals surface area contributed by atoms with Crippen LogP contribution in [-0.2, 0) is 0 Å². The van der Waals surface area contributed by atoms with Crippen LogP contribution in [0.3, 0.4) is 0 Å². The molecule has 1 heteroatoms. The summed E-state index contributed by atoms with van der Waals surface area (Å²) in [7, 11) is 0. The monoisotopic (exact) mass is 819 g/mol. The molecule has 2 aliphatic rings. The van der Waals surface area contributed by atoms with Gasteiger partial charge in [0.15, 0.2) is 0 Å². The Kier molecular flexibility index (Phi) is 10.1. The number of allylic oxidation sites excluding steroid dienone is 7. The number of hydrogen-bond acceptors (Lipinski definition) is 1. The molecule has 0 fully saturated rings. The van der Waals surface area contributed by atoms with E-state index >= 15 is 0 Å². The molecule has 9 aromatic rings. The lowest BCUT2D eigenvalue weighted by Crippen LogP contribution is -2.45. The Morgan fingerprint density at radius 2 is 1.09 bits per heavy atom. The summed E-state index contributed by atoms with van der Waals surface area (Å²) in [5.74, 6) is 0.186. The van der Waals surface area contributed by atoms with E-state index in [-0.39, 0.29) is 5.92 Å².